The molecule has 126 valence electrons. The van der Waals surface area contributed by atoms with Crippen molar-refractivity contribution in [3.05, 3.63) is 29.8 Å². The third kappa shape index (κ3) is 4.89. The molecule has 2 amide bonds. The van der Waals surface area contributed by atoms with Gasteiger partial charge in [0.15, 0.2) is 0 Å². The standard InChI is InChI=1S/C17H24N2O3S/c1-3-4-8-16(20)19-12-23-11-15(19)17(21)18-10-13-6-5-7-14(9-13)22-2/h5-7,9,15H,3-4,8,10-12H2,1-2H3,(H,18,21)/t15-/m0/s1. The van der Waals surface area contributed by atoms with Crippen LogP contribution in [-0.2, 0) is 16.1 Å². The van der Waals surface area contributed by atoms with Gasteiger partial charge in [0.05, 0.1) is 13.0 Å². The van der Waals surface area contributed by atoms with Crippen LogP contribution in [-0.4, -0.2) is 41.5 Å². The topological polar surface area (TPSA) is 58.6 Å². The molecule has 1 fully saturated rings. The molecule has 1 heterocycles. The van der Waals surface area contributed by atoms with Crippen LogP contribution in [0.4, 0.5) is 0 Å². The van der Waals surface area contributed by atoms with Crippen molar-refractivity contribution < 1.29 is 14.3 Å². The smallest absolute Gasteiger partial charge is 0.243 e. The predicted molar refractivity (Wildman–Crippen MR) is 92.3 cm³/mol. The van der Waals surface area contributed by atoms with Gasteiger partial charge in [-0.25, -0.2) is 0 Å². The lowest BCUT2D eigenvalue weighted by molar-refractivity contribution is -0.138. The molecule has 0 aliphatic carbocycles. The van der Waals surface area contributed by atoms with Gasteiger partial charge in [-0.05, 0) is 24.1 Å². The Labute approximate surface area is 141 Å². The zero-order valence-electron chi connectivity index (χ0n) is 13.7. The molecule has 0 saturated carbocycles. The lowest BCUT2D eigenvalue weighted by Gasteiger charge is -2.23. The zero-order valence-corrected chi connectivity index (χ0v) is 14.5. The maximum atomic E-state index is 12.4. The van der Waals surface area contributed by atoms with Crippen molar-refractivity contribution in [3.63, 3.8) is 0 Å². The van der Waals surface area contributed by atoms with Gasteiger partial charge in [0.25, 0.3) is 0 Å². The molecule has 1 saturated heterocycles. The van der Waals surface area contributed by atoms with Gasteiger partial charge in [0.1, 0.15) is 11.8 Å². The molecule has 1 atom stereocenters. The Morgan fingerprint density at radius 1 is 1.43 bits per heavy atom. The predicted octanol–water partition coefficient (Wildman–Crippen LogP) is 2.40. The van der Waals surface area contributed by atoms with Crippen LogP contribution in [0.3, 0.4) is 0 Å². The number of hydrogen-bond donors (Lipinski definition) is 1. The first-order valence-electron chi connectivity index (χ1n) is 7.93. The Kier molecular flexibility index (Phi) is 6.77. The Balaban J connectivity index is 1.89. The van der Waals surface area contributed by atoms with Crippen molar-refractivity contribution in [1.29, 1.82) is 0 Å². The van der Waals surface area contributed by atoms with E-state index in [0.29, 0.717) is 24.6 Å². The van der Waals surface area contributed by atoms with Crippen LogP contribution in [0, 0.1) is 0 Å². The largest absolute Gasteiger partial charge is 0.497 e. The fourth-order valence-electron chi connectivity index (χ4n) is 2.47. The first-order chi connectivity index (χ1) is 11.2. The average molecular weight is 336 g/mol. The summed E-state index contributed by atoms with van der Waals surface area (Å²) in [5, 5.41) is 2.93. The molecule has 0 bridgehead atoms. The first-order valence-corrected chi connectivity index (χ1v) is 9.09. The van der Waals surface area contributed by atoms with Gasteiger partial charge in [0.2, 0.25) is 11.8 Å². The SMILES string of the molecule is CCCCC(=O)N1CSC[C@H]1C(=O)NCc1cccc(OC)c1. The molecule has 6 heteroatoms. The van der Waals surface area contributed by atoms with Gasteiger partial charge in [-0.1, -0.05) is 25.5 Å². The molecule has 0 aromatic heterocycles. The minimum atomic E-state index is -0.352. The average Bonchev–Trinajstić information content (AvgIpc) is 3.07. The molecule has 2 rings (SSSR count). The van der Waals surface area contributed by atoms with E-state index in [1.807, 2.05) is 24.3 Å². The minimum Gasteiger partial charge on any atom is -0.497 e. The summed E-state index contributed by atoms with van der Waals surface area (Å²) < 4.78 is 5.18. The van der Waals surface area contributed by atoms with E-state index >= 15 is 0 Å². The molecule has 0 radical (unpaired) electrons. The van der Waals surface area contributed by atoms with Crippen LogP contribution in [0.25, 0.3) is 0 Å². The second kappa shape index (κ2) is 8.82. The van der Waals surface area contributed by atoms with Gasteiger partial charge in [-0.3, -0.25) is 9.59 Å². The van der Waals surface area contributed by atoms with E-state index < -0.39 is 0 Å². The van der Waals surface area contributed by atoms with Crippen LogP contribution >= 0.6 is 11.8 Å². The number of carbonyl (C=O) groups is 2. The highest BCUT2D eigenvalue weighted by Gasteiger charge is 2.33. The summed E-state index contributed by atoms with van der Waals surface area (Å²) in [4.78, 5) is 26.3. The number of methoxy groups -OCH3 is 1. The number of rotatable bonds is 7. The normalized spacial score (nSPS) is 17.1. The monoisotopic (exact) mass is 336 g/mol. The summed E-state index contributed by atoms with van der Waals surface area (Å²) in [6.45, 7) is 2.50. The van der Waals surface area contributed by atoms with Crippen LogP contribution in [0.1, 0.15) is 31.7 Å². The number of unbranched alkanes of at least 4 members (excludes halogenated alkanes) is 1. The maximum Gasteiger partial charge on any atom is 0.243 e. The number of hydrogen-bond acceptors (Lipinski definition) is 4. The van der Waals surface area contributed by atoms with Crippen molar-refractivity contribution >= 4 is 23.6 Å². The Morgan fingerprint density at radius 3 is 3.00 bits per heavy atom. The molecule has 1 aliphatic rings. The van der Waals surface area contributed by atoms with E-state index in [1.165, 1.54) is 0 Å². The number of nitrogens with one attached hydrogen (secondary N) is 1. The molecule has 1 aromatic rings. The van der Waals surface area contributed by atoms with E-state index in [-0.39, 0.29) is 17.9 Å². The second-order valence-corrected chi connectivity index (χ2v) is 6.55. The lowest BCUT2D eigenvalue weighted by atomic mass is 10.2. The van der Waals surface area contributed by atoms with Gasteiger partial charge >= 0.3 is 0 Å². The van der Waals surface area contributed by atoms with E-state index in [0.717, 1.165) is 24.2 Å². The van der Waals surface area contributed by atoms with E-state index in [9.17, 15) is 9.59 Å². The number of benzene rings is 1. The van der Waals surface area contributed by atoms with Crippen molar-refractivity contribution in [2.24, 2.45) is 0 Å². The van der Waals surface area contributed by atoms with Gasteiger partial charge < -0.3 is 15.0 Å². The van der Waals surface area contributed by atoms with Crippen molar-refractivity contribution in [3.8, 4) is 5.75 Å². The van der Waals surface area contributed by atoms with Crippen LogP contribution in [0.2, 0.25) is 0 Å². The molecular weight excluding hydrogens is 312 g/mol. The summed E-state index contributed by atoms with van der Waals surface area (Å²) in [5.41, 5.74) is 0.979. The number of nitrogens with zero attached hydrogens (tertiary/aromatic N) is 1. The molecule has 1 aromatic carbocycles. The van der Waals surface area contributed by atoms with E-state index in [2.05, 4.69) is 12.2 Å². The van der Waals surface area contributed by atoms with Gasteiger partial charge in [0, 0.05) is 18.7 Å². The Hall–Kier alpha value is -1.69. The molecule has 1 aliphatic heterocycles. The maximum absolute atomic E-state index is 12.4. The van der Waals surface area contributed by atoms with Crippen molar-refractivity contribution in [2.75, 3.05) is 18.7 Å². The van der Waals surface area contributed by atoms with Gasteiger partial charge in [-0.15, -0.1) is 11.8 Å². The highest BCUT2D eigenvalue weighted by molar-refractivity contribution is 7.99. The van der Waals surface area contributed by atoms with E-state index in [1.54, 1.807) is 23.8 Å². The zero-order chi connectivity index (χ0) is 16.7. The fraction of sp³-hybridized carbons (Fsp3) is 0.529. The number of thioether (sulfide) groups is 1. The second-order valence-electron chi connectivity index (χ2n) is 5.55. The molecule has 23 heavy (non-hydrogen) atoms. The van der Waals surface area contributed by atoms with Crippen LogP contribution in [0.15, 0.2) is 24.3 Å². The summed E-state index contributed by atoms with van der Waals surface area (Å²) in [5.74, 6) is 2.05. The molecule has 0 unspecified atom stereocenters. The number of carbonyl (C=O) groups excluding carboxylic acids is 2. The van der Waals surface area contributed by atoms with Crippen LogP contribution in [0.5, 0.6) is 5.75 Å². The summed E-state index contributed by atoms with van der Waals surface area (Å²) in [7, 11) is 1.62. The molecule has 0 spiro atoms. The highest BCUT2D eigenvalue weighted by Crippen LogP contribution is 2.22. The van der Waals surface area contributed by atoms with Crippen molar-refractivity contribution in [2.45, 2.75) is 38.8 Å². The summed E-state index contributed by atoms with van der Waals surface area (Å²) >= 11 is 1.63. The van der Waals surface area contributed by atoms with Crippen molar-refractivity contribution in [1.82, 2.24) is 10.2 Å². The molecule has 1 N–H and O–H groups in total. The summed E-state index contributed by atoms with van der Waals surface area (Å²) in [6.07, 6.45) is 2.38. The Morgan fingerprint density at radius 2 is 2.26 bits per heavy atom. The van der Waals surface area contributed by atoms with E-state index in [4.69, 9.17) is 4.74 Å². The summed E-state index contributed by atoms with van der Waals surface area (Å²) in [6, 6.07) is 7.25. The number of amides is 2. The molecule has 5 nitrogen and oxygen atoms in total. The van der Waals surface area contributed by atoms with Crippen LogP contribution < -0.4 is 10.1 Å². The fourth-order valence-corrected chi connectivity index (χ4v) is 3.65. The minimum absolute atomic E-state index is 0.0809. The highest BCUT2D eigenvalue weighted by atomic mass is 32.2. The molecular formula is C17H24N2O3S. The third-order valence-electron chi connectivity index (χ3n) is 3.85. The van der Waals surface area contributed by atoms with Gasteiger partial charge in [-0.2, -0.15) is 0 Å². The third-order valence-corrected chi connectivity index (χ3v) is 4.86. The Bertz CT molecular complexity index is 550. The first kappa shape index (κ1) is 17.7. The quantitative estimate of drug-likeness (QED) is 0.831. The number of ether oxygens (including phenoxy) is 1. The lowest BCUT2D eigenvalue weighted by Crippen LogP contribution is -2.47.